The summed E-state index contributed by atoms with van der Waals surface area (Å²) >= 11 is 0. The average molecular weight is 165 g/mol. The van der Waals surface area contributed by atoms with Gasteiger partial charge in [0.25, 0.3) is 0 Å². The van der Waals surface area contributed by atoms with Crippen LogP contribution in [-0.2, 0) is 9.53 Å². The number of carbonyl (C=O) groups excluding carboxylic acids is 1. The molecule has 0 aromatic rings. The topological polar surface area (TPSA) is 38.3 Å². The average Bonchev–Trinajstić information content (AvgIpc) is 2.06. The smallest absolute Gasteiger partial charge is 0.332 e. The Morgan fingerprint density at radius 2 is 2.50 bits per heavy atom. The van der Waals surface area contributed by atoms with Crippen molar-refractivity contribution in [1.29, 1.82) is 0 Å². The Morgan fingerprint density at radius 3 is 3.08 bits per heavy atom. The van der Waals surface area contributed by atoms with Crippen LogP contribution in [0, 0.1) is 0 Å². The van der Waals surface area contributed by atoms with E-state index in [2.05, 4.69) is 5.32 Å². The first-order chi connectivity index (χ1) is 5.83. The number of rotatable bonds is 2. The van der Waals surface area contributed by atoms with E-state index in [-0.39, 0.29) is 5.97 Å². The third-order valence-corrected chi connectivity index (χ3v) is 1.29. The van der Waals surface area contributed by atoms with Gasteiger partial charge in [-0.05, 0) is 19.1 Å². The third kappa shape index (κ3) is 2.62. The first kappa shape index (κ1) is 8.59. The van der Waals surface area contributed by atoms with Gasteiger partial charge >= 0.3 is 5.97 Å². The number of nitrogens with one attached hydrogen (secondary N) is 1. The summed E-state index contributed by atoms with van der Waals surface area (Å²) in [6, 6.07) is 0. The summed E-state index contributed by atoms with van der Waals surface area (Å²) in [5, 5.41) is 2.90. The van der Waals surface area contributed by atoms with Crippen LogP contribution in [0.3, 0.4) is 0 Å². The number of dihydropyridines is 1. The Hall–Kier alpha value is -1.51. The number of hydrogen-bond acceptors (Lipinski definition) is 3. The maximum absolute atomic E-state index is 10.9. The molecule has 3 heteroatoms. The summed E-state index contributed by atoms with van der Waals surface area (Å²) < 4.78 is 4.73. The van der Waals surface area contributed by atoms with Crippen LogP contribution in [0.1, 0.15) is 6.92 Å². The van der Waals surface area contributed by atoms with Gasteiger partial charge < -0.3 is 10.1 Å². The fraction of sp³-hybridized carbons (Fsp3) is 0.222. The van der Waals surface area contributed by atoms with Gasteiger partial charge in [-0.1, -0.05) is 6.08 Å². The largest absolute Gasteiger partial charge is 0.463 e. The summed E-state index contributed by atoms with van der Waals surface area (Å²) in [4.78, 5) is 10.9. The van der Waals surface area contributed by atoms with Crippen LogP contribution in [-0.4, -0.2) is 12.6 Å². The van der Waals surface area contributed by atoms with Gasteiger partial charge in [0.05, 0.1) is 6.61 Å². The lowest BCUT2D eigenvalue weighted by Crippen LogP contribution is -2.09. The Bertz CT molecular complexity index is 251. The number of ether oxygens (including phenoxy) is 1. The second-order valence-corrected chi connectivity index (χ2v) is 2.21. The first-order valence-corrected chi connectivity index (χ1v) is 3.81. The van der Waals surface area contributed by atoms with Gasteiger partial charge in [0.15, 0.2) is 0 Å². The number of carbonyl (C=O) groups is 1. The molecule has 1 aliphatic rings. The quantitative estimate of drug-likeness (QED) is 0.492. The van der Waals surface area contributed by atoms with Gasteiger partial charge in [0.1, 0.15) is 0 Å². The highest BCUT2D eigenvalue weighted by Gasteiger charge is 1.98. The minimum Gasteiger partial charge on any atom is -0.463 e. The van der Waals surface area contributed by atoms with Crippen LogP contribution in [0.5, 0.6) is 0 Å². The first-order valence-electron chi connectivity index (χ1n) is 3.81. The standard InChI is InChI=1S/C9H11NO2/c1-2-12-9(11)7-8-5-3-4-6-10-8/h3-7,10H,2H2,1H3. The molecule has 0 aliphatic carbocycles. The molecule has 12 heavy (non-hydrogen) atoms. The molecule has 0 radical (unpaired) electrons. The Labute approximate surface area is 71.4 Å². The Morgan fingerprint density at radius 1 is 1.67 bits per heavy atom. The lowest BCUT2D eigenvalue weighted by Gasteiger charge is -2.04. The normalized spacial score (nSPS) is 17.6. The molecule has 0 spiro atoms. The van der Waals surface area contributed by atoms with Gasteiger partial charge in [-0.3, -0.25) is 0 Å². The highest BCUT2D eigenvalue weighted by molar-refractivity contribution is 5.83. The fourth-order valence-corrected chi connectivity index (χ4v) is 0.808. The fourth-order valence-electron chi connectivity index (χ4n) is 0.808. The predicted molar refractivity (Wildman–Crippen MR) is 46.1 cm³/mol. The van der Waals surface area contributed by atoms with Gasteiger partial charge in [0, 0.05) is 18.0 Å². The molecule has 1 N–H and O–H groups in total. The minimum atomic E-state index is -0.319. The Balaban J connectivity index is 2.51. The summed E-state index contributed by atoms with van der Waals surface area (Å²) in [5.41, 5.74) is 0.746. The molecule has 1 heterocycles. The van der Waals surface area contributed by atoms with Gasteiger partial charge in [0.2, 0.25) is 0 Å². The molecule has 3 nitrogen and oxygen atoms in total. The van der Waals surface area contributed by atoms with Crippen LogP contribution < -0.4 is 5.32 Å². The zero-order chi connectivity index (χ0) is 8.81. The van der Waals surface area contributed by atoms with Crippen molar-refractivity contribution in [2.24, 2.45) is 0 Å². The molecule has 64 valence electrons. The molecule has 0 saturated carbocycles. The summed E-state index contributed by atoms with van der Waals surface area (Å²) in [6.45, 7) is 2.18. The van der Waals surface area contributed by atoms with Gasteiger partial charge in [-0.15, -0.1) is 0 Å². The van der Waals surface area contributed by atoms with E-state index in [4.69, 9.17) is 4.74 Å². The van der Waals surface area contributed by atoms with E-state index in [1.807, 2.05) is 12.2 Å². The van der Waals surface area contributed by atoms with Crippen molar-refractivity contribution in [3.63, 3.8) is 0 Å². The molecule has 0 aromatic heterocycles. The van der Waals surface area contributed by atoms with Crippen LogP contribution in [0.4, 0.5) is 0 Å². The molecule has 0 atom stereocenters. The minimum absolute atomic E-state index is 0.319. The van der Waals surface area contributed by atoms with E-state index in [0.717, 1.165) is 5.70 Å². The van der Waals surface area contributed by atoms with Crippen molar-refractivity contribution in [3.8, 4) is 0 Å². The molecule has 0 saturated heterocycles. The molecular weight excluding hydrogens is 154 g/mol. The zero-order valence-corrected chi connectivity index (χ0v) is 6.91. The van der Waals surface area contributed by atoms with Crippen LogP contribution >= 0.6 is 0 Å². The van der Waals surface area contributed by atoms with E-state index >= 15 is 0 Å². The zero-order valence-electron chi connectivity index (χ0n) is 6.91. The van der Waals surface area contributed by atoms with Crippen molar-refractivity contribution in [3.05, 3.63) is 36.2 Å². The van der Waals surface area contributed by atoms with Crippen molar-refractivity contribution >= 4 is 5.97 Å². The highest BCUT2D eigenvalue weighted by atomic mass is 16.5. The molecule has 0 bridgehead atoms. The van der Waals surface area contributed by atoms with E-state index < -0.39 is 0 Å². The maximum atomic E-state index is 10.9. The SMILES string of the molecule is CCOC(=O)C=C1C=CC=CN1. The van der Waals surface area contributed by atoms with Crippen LogP contribution in [0.2, 0.25) is 0 Å². The molecule has 0 aromatic carbocycles. The van der Waals surface area contributed by atoms with Crippen LogP contribution in [0.15, 0.2) is 36.2 Å². The maximum Gasteiger partial charge on any atom is 0.332 e. The summed E-state index contributed by atoms with van der Waals surface area (Å²) in [5.74, 6) is -0.319. The van der Waals surface area contributed by atoms with E-state index in [9.17, 15) is 4.79 Å². The van der Waals surface area contributed by atoms with Crippen molar-refractivity contribution in [1.82, 2.24) is 5.32 Å². The number of allylic oxidation sites excluding steroid dienone is 3. The predicted octanol–water partition coefficient (Wildman–Crippen LogP) is 1.11. The molecular formula is C9H11NO2. The monoisotopic (exact) mass is 165 g/mol. The number of hydrogen-bond donors (Lipinski definition) is 1. The van der Waals surface area contributed by atoms with Gasteiger partial charge in [-0.25, -0.2) is 4.79 Å². The second-order valence-electron chi connectivity index (χ2n) is 2.21. The molecule has 1 aliphatic heterocycles. The second kappa shape index (κ2) is 4.38. The van der Waals surface area contributed by atoms with E-state index in [0.29, 0.717) is 6.61 Å². The van der Waals surface area contributed by atoms with E-state index in [1.54, 1.807) is 19.2 Å². The molecule has 1 rings (SSSR count). The molecule has 0 fully saturated rings. The summed E-state index contributed by atoms with van der Waals surface area (Å²) in [6.07, 6.45) is 8.68. The van der Waals surface area contributed by atoms with Crippen molar-refractivity contribution in [2.45, 2.75) is 6.92 Å². The van der Waals surface area contributed by atoms with Crippen molar-refractivity contribution < 1.29 is 9.53 Å². The van der Waals surface area contributed by atoms with Crippen molar-refractivity contribution in [2.75, 3.05) is 6.61 Å². The van der Waals surface area contributed by atoms with E-state index in [1.165, 1.54) is 6.08 Å². The lowest BCUT2D eigenvalue weighted by atomic mass is 10.3. The lowest BCUT2D eigenvalue weighted by molar-refractivity contribution is -0.137. The third-order valence-electron chi connectivity index (χ3n) is 1.29. The number of esters is 1. The van der Waals surface area contributed by atoms with Crippen LogP contribution in [0.25, 0.3) is 0 Å². The Kier molecular flexibility index (Phi) is 3.14. The van der Waals surface area contributed by atoms with Gasteiger partial charge in [-0.2, -0.15) is 0 Å². The summed E-state index contributed by atoms with van der Waals surface area (Å²) in [7, 11) is 0. The molecule has 0 amide bonds. The highest BCUT2D eigenvalue weighted by Crippen LogP contribution is 1.98. The molecule has 0 unspecified atom stereocenters.